The molecule has 0 saturated carbocycles. The summed E-state index contributed by atoms with van der Waals surface area (Å²) in [6, 6.07) is 6.47. The number of carbonyl (C=O) groups excluding carboxylic acids is 2. The van der Waals surface area contributed by atoms with Gasteiger partial charge in [0.2, 0.25) is 5.78 Å². The maximum absolute atomic E-state index is 12.9. The second-order valence-electron chi connectivity index (χ2n) is 5.14. The third-order valence-corrected chi connectivity index (χ3v) is 5.31. The zero-order valence-corrected chi connectivity index (χ0v) is 15.9. The highest BCUT2D eigenvalue weighted by molar-refractivity contribution is 7.55. The van der Waals surface area contributed by atoms with Crippen molar-refractivity contribution in [3.05, 3.63) is 29.8 Å². The van der Waals surface area contributed by atoms with E-state index in [1.54, 1.807) is 39.0 Å². The van der Waals surface area contributed by atoms with Crippen LogP contribution in [-0.2, 0) is 18.4 Å². The molecular weight excluding hydrogens is 345 g/mol. The van der Waals surface area contributed by atoms with Crippen molar-refractivity contribution in [2.24, 2.45) is 0 Å². The molecule has 25 heavy (non-hydrogen) atoms. The van der Waals surface area contributed by atoms with Crippen LogP contribution >= 0.6 is 7.60 Å². The first-order valence-electron chi connectivity index (χ1n) is 8.17. The molecule has 1 rings (SSSR count). The standard InChI is InChI=1S/C16H26N3O5P/c1-5-17-14(20)15(25(22,23-6-2)24-7-3)19-16(21)18-13-10-8-9-12(4)11-13/h8-11,15H,5-7H2,1-4H3,(H,17,20)(H2,18,19,21)/t15-/m0/s1. The van der Waals surface area contributed by atoms with Gasteiger partial charge in [0.05, 0.1) is 13.2 Å². The van der Waals surface area contributed by atoms with Crippen LogP contribution in [0.25, 0.3) is 0 Å². The van der Waals surface area contributed by atoms with Crippen LogP contribution < -0.4 is 16.0 Å². The summed E-state index contributed by atoms with van der Waals surface area (Å²) in [4.78, 5) is 24.6. The first-order valence-corrected chi connectivity index (χ1v) is 9.78. The molecule has 1 atom stereocenters. The summed E-state index contributed by atoms with van der Waals surface area (Å²) < 4.78 is 23.3. The Labute approximate surface area is 148 Å². The van der Waals surface area contributed by atoms with Gasteiger partial charge >= 0.3 is 13.6 Å². The average molecular weight is 371 g/mol. The Bertz CT molecular complexity index is 628. The van der Waals surface area contributed by atoms with Crippen molar-refractivity contribution < 1.29 is 23.2 Å². The van der Waals surface area contributed by atoms with Gasteiger partial charge in [0.1, 0.15) is 0 Å². The highest BCUT2D eigenvalue weighted by atomic mass is 31.2. The molecule has 0 unspecified atom stereocenters. The Balaban J connectivity index is 2.97. The highest BCUT2D eigenvalue weighted by Crippen LogP contribution is 2.52. The smallest absolute Gasteiger partial charge is 0.354 e. The SMILES string of the molecule is CCNC(=O)[C@@H](NC(=O)Nc1cccc(C)c1)P(=O)(OCC)OCC. The summed E-state index contributed by atoms with van der Waals surface area (Å²) in [5.74, 6) is -2.08. The summed E-state index contributed by atoms with van der Waals surface area (Å²) in [6.07, 6.45) is 0. The highest BCUT2D eigenvalue weighted by Gasteiger charge is 2.42. The van der Waals surface area contributed by atoms with Crippen molar-refractivity contribution in [2.75, 3.05) is 25.1 Å². The Morgan fingerprint density at radius 3 is 2.32 bits per heavy atom. The fraction of sp³-hybridized carbons (Fsp3) is 0.500. The number of amides is 3. The molecule has 0 bridgehead atoms. The molecule has 0 spiro atoms. The predicted octanol–water partition coefficient (Wildman–Crippen LogP) is 2.84. The van der Waals surface area contributed by atoms with Crippen molar-refractivity contribution in [1.29, 1.82) is 0 Å². The minimum atomic E-state index is -3.87. The van der Waals surface area contributed by atoms with Gasteiger partial charge in [-0.15, -0.1) is 0 Å². The second-order valence-corrected chi connectivity index (χ2v) is 7.25. The van der Waals surface area contributed by atoms with Crippen molar-refractivity contribution in [2.45, 2.75) is 33.5 Å². The number of benzene rings is 1. The summed E-state index contributed by atoms with van der Waals surface area (Å²) >= 11 is 0. The van der Waals surface area contributed by atoms with Crippen LogP contribution in [0, 0.1) is 6.92 Å². The Morgan fingerprint density at radius 1 is 1.16 bits per heavy atom. The summed E-state index contributed by atoms with van der Waals surface area (Å²) in [7, 11) is -3.87. The quantitative estimate of drug-likeness (QED) is 0.579. The van der Waals surface area contributed by atoms with E-state index < -0.39 is 25.3 Å². The van der Waals surface area contributed by atoms with Crippen molar-refractivity contribution in [1.82, 2.24) is 10.6 Å². The number of rotatable bonds is 9. The largest absolute Gasteiger partial charge is 0.362 e. The van der Waals surface area contributed by atoms with Crippen LogP contribution in [0.15, 0.2) is 24.3 Å². The van der Waals surface area contributed by atoms with Crippen LogP contribution in [-0.4, -0.2) is 37.5 Å². The van der Waals surface area contributed by atoms with E-state index in [1.807, 2.05) is 13.0 Å². The molecule has 0 saturated heterocycles. The minimum Gasteiger partial charge on any atom is -0.354 e. The van der Waals surface area contributed by atoms with E-state index in [2.05, 4.69) is 16.0 Å². The van der Waals surface area contributed by atoms with Crippen molar-refractivity contribution in [3.63, 3.8) is 0 Å². The Kier molecular flexibility index (Phi) is 8.61. The van der Waals surface area contributed by atoms with Crippen LogP contribution in [0.2, 0.25) is 0 Å². The number of urea groups is 1. The number of carbonyl (C=O) groups is 2. The summed E-state index contributed by atoms with van der Waals surface area (Å²) in [6.45, 7) is 7.34. The molecule has 8 nitrogen and oxygen atoms in total. The van der Waals surface area contributed by atoms with E-state index in [4.69, 9.17) is 9.05 Å². The maximum Gasteiger partial charge on any atom is 0.362 e. The monoisotopic (exact) mass is 371 g/mol. The van der Waals surface area contributed by atoms with Crippen LogP contribution in [0.1, 0.15) is 26.3 Å². The molecule has 3 N–H and O–H groups in total. The molecular formula is C16H26N3O5P. The molecule has 0 aliphatic heterocycles. The molecule has 140 valence electrons. The van der Waals surface area contributed by atoms with Crippen LogP contribution in [0.5, 0.6) is 0 Å². The molecule has 0 radical (unpaired) electrons. The lowest BCUT2D eigenvalue weighted by Gasteiger charge is -2.26. The van der Waals surface area contributed by atoms with E-state index in [-0.39, 0.29) is 13.2 Å². The van der Waals surface area contributed by atoms with Gasteiger partial charge in [0.15, 0.2) is 0 Å². The predicted molar refractivity (Wildman–Crippen MR) is 96.7 cm³/mol. The molecule has 3 amide bonds. The summed E-state index contributed by atoms with van der Waals surface area (Å²) in [5.41, 5.74) is 1.52. The zero-order valence-electron chi connectivity index (χ0n) is 15.0. The van der Waals surface area contributed by atoms with E-state index in [9.17, 15) is 14.2 Å². The van der Waals surface area contributed by atoms with Crippen molar-refractivity contribution >= 4 is 25.2 Å². The molecule has 1 aromatic rings. The fourth-order valence-electron chi connectivity index (χ4n) is 2.12. The topological polar surface area (TPSA) is 106 Å². The van der Waals surface area contributed by atoms with Gasteiger partial charge in [0, 0.05) is 12.2 Å². The van der Waals surface area contributed by atoms with Gasteiger partial charge in [-0.3, -0.25) is 9.36 Å². The number of aryl methyl sites for hydroxylation is 1. The van der Waals surface area contributed by atoms with Gasteiger partial charge in [-0.25, -0.2) is 4.79 Å². The van der Waals surface area contributed by atoms with Gasteiger partial charge in [-0.05, 0) is 45.4 Å². The van der Waals surface area contributed by atoms with Gasteiger partial charge < -0.3 is 25.0 Å². The fourth-order valence-corrected chi connectivity index (χ4v) is 3.87. The molecule has 0 aromatic heterocycles. The molecule has 0 aliphatic carbocycles. The number of anilines is 1. The van der Waals surface area contributed by atoms with Crippen LogP contribution in [0.4, 0.5) is 10.5 Å². The van der Waals surface area contributed by atoms with Gasteiger partial charge in [0.25, 0.3) is 5.91 Å². The molecule has 0 fully saturated rings. The molecule has 0 aliphatic rings. The van der Waals surface area contributed by atoms with E-state index in [1.165, 1.54) is 0 Å². The maximum atomic E-state index is 12.9. The van der Waals surface area contributed by atoms with Gasteiger partial charge in [-0.2, -0.15) is 0 Å². The summed E-state index contributed by atoms with van der Waals surface area (Å²) in [5, 5.41) is 7.54. The normalized spacial score (nSPS) is 12.3. The van der Waals surface area contributed by atoms with E-state index in [0.717, 1.165) is 5.56 Å². The lowest BCUT2D eigenvalue weighted by molar-refractivity contribution is -0.121. The van der Waals surface area contributed by atoms with Crippen molar-refractivity contribution in [3.8, 4) is 0 Å². The minimum absolute atomic E-state index is 0.0777. The lowest BCUT2D eigenvalue weighted by atomic mass is 10.2. The second kappa shape index (κ2) is 10.2. The average Bonchev–Trinajstić information content (AvgIpc) is 2.53. The van der Waals surface area contributed by atoms with Gasteiger partial charge in [-0.1, -0.05) is 12.1 Å². The number of hydrogen-bond acceptors (Lipinski definition) is 5. The van der Waals surface area contributed by atoms with Crippen LogP contribution in [0.3, 0.4) is 0 Å². The zero-order chi connectivity index (χ0) is 18.9. The number of likely N-dealkylation sites (N-methyl/N-ethyl adjacent to an activating group) is 1. The third-order valence-electron chi connectivity index (χ3n) is 3.08. The lowest BCUT2D eigenvalue weighted by Crippen LogP contribution is -2.48. The molecule has 9 heteroatoms. The molecule has 1 aromatic carbocycles. The number of hydrogen-bond donors (Lipinski definition) is 3. The Morgan fingerprint density at radius 2 is 1.80 bits per heavy atom. The Hall–Kier alpha value is -1.89. The first kappa shape index (κ1) is 21.2. The third kappa shape index (κ3) is 6.49. The number of nitrogens with one attached hydrogen (secondary N) is 3. The first-order chi connectivity index (χ1) is 11.9. The molecule has 0 heterocycles. The van der Waals surface area contributed by atoms with E-state index in [0.29, 0.717) is 12.2 Å². The van der Waals surface area contributed by atoms with E-state index >= 15 is 0 Å².